The van der Waals surface area contributed by atoms with Gasteiger partial charge in [-0.2, -0.15) is 11.8 Å². The molecule has 3 nitrogen and oxygen atoms in total. The molecule has 0 amide bonds. The molecule has 0 spiro atoms. The van der Waals surface area contributed by atoms with Gasteiger partial charge in [-0.05, 0) is 29.1 Å². The van der Waals surface area contributed by atoms with E-state index in [1.807, 2.05) is 24.3 Å². The highest BCUT2D eigenvalue weighted by Crippen LogP contribution is 2.17. The molecule has 2 aromatic rings. The first-order valence-corrected chi connectivity index (χ1v) is 9.83. The molecule has 0 atom stereocenters. The molecule has 2 rings (SSSR count). The summed E-state index contributed by atoms with van der Waals surface area (Å²) in [4.78, 5) is 0. The lowest BCUT2D eigenvalue weighted by atomic mass is 10.2. The minimum Gasteiger partial charge on any atom is -0.210 e. The first kappa shape index (κ1) is 15.9. The fourth-order valence-corrected chi connectivity index (χ4v) is 4.65. The van der Waals surface area contributed by atoms with Crippen LogP contribution >= 0.6 is 34.7 Å². The number of rotatable bonds is 7. The van der Waals surface area contributed by atoms with Crippen LogP contribution in [0.1, 0.15) is 5.56 Å². The maximum Gasteiger partial charge on any atom is 0.250 e. The van der Waals surface area contributed by atoms with E-state index in [9.17, 15) is 8.42 Å². The number of sulfonamides is 1. The van der Waals surface area contributed by atoms with Crippen molar-refractivity contribution in [2.75, 3.05) is 12.3 Å². The van der Waals surface area contributed by atoms with Gasteiger partial charge in [-0.25, -0.2) is 13.1 Å². The maximum absolute atomic E-state index is 11.8. The van der Waals surface area contributed by atoms with E-state index in [1.54, 1.807) is 29.3 Å². The van der Waals surface area contributed by atoms with E-state index in [4.69, 9.17) is 11.6 Å². The minimum absolute atomic E-state index is 0.361. The highest BCUT2D eigenvalue weighted by Gasteiger charge is 2.13. The summed E-state index contributed by atoms with van der Waals surface area (Å²) in [6.07, 6.45) is 0. The summed E-state index contributed by atoms with van der Waals surface area (Å²) in [6.45, 7) is 0.429. The third-order valence-electron chi connectivity index (χ3n) is 2.48. The Bertz CT molecular complexity index is 624. The molecule has 1 N–H and O–H groups in total. The van der Waals surface area contributed by atoms with E-state index in [0.29, 0.717) is 10.8 Å². The van der Waals surface area contributed by atoms with Crippen molar-refractivity contribution in [1.82, 2.24) is 4.72 Å². The van der Waals surface area contributed by atoms with E-state index in [2.05, 4.69) is 4.72 Å². The summed E-state index contributed by atoms with van der Waals surface area (Å²) in [5, 5.41) is 2.48. The summed E-state index contributed by atoms with van der Waals surface area (Å²) in [6, 6.07) is 11.0. The normalized spacial score (nSPS) is 11.7. The number of benzene rings is 1. The predicted molar refractivity (Wildman–Crippen MR) is 87.1 cm³/mol. The van der Waals surface area contributed by atoms with Crippen LogP contribution in [-0.2, 0) is 15.8 Å². The van der Waals surface area contributed by atoms with Gasteiger partial charge in [0.2, 0.25) is 10.0 Å². The smallest absolute Gasteiger partial charge is 0.210 e. The third-order valence-corrected chi connectivity index (χ3v) is 6.62. The summed E-state index contributed by atoms with van der Waals surface area (Å²) < 4.78 is 26.6. The highest BCUT2D eigenvalue weighted by atomic mass is 35.5. The summed E-state index contributed by atoms with van der Waals surface area (Å²) in [7, 11) is -3.33. The van der Waals surface area contributed by atoms with Gasteiger partial charge in [0.15, 0.2) is 0 Å². The van der Waals surface area contributed by atoms with Crippen LogP contribution in [0.2, 0.25) is 5.02 Å². The van der Waals surface area contributed by atoms with Crippen LogP contribution in [0.15, 0.2) is 46.0 Å². The second-order valence-electron chi connectivity index (χ2n) is 4.01. The first-order valence-electron chi connectivity index (χ1n) is 5.93. The second-order valence-corrected chi connectivity index (χ2v) is 8.49. The number of hydrogen-bond acceptors (Lipinski definition) is 4. The Balaban J connectivity index is 1.71. The van der Waals surface area contributed by atoms with Crippen LogP contribution in [0.25, 0.3) is 0 Å². The molecule has 20 heavy (non-hydrogen) atoms. The first-order chi connectivity index (χ1) is 9.58. The molecule has 0 bridgehead atoms. The van der Waals surface area contributed by atoms with Crippen LogP contribution in [0.3, 0.4) is 0 Å². The Labute approximate surface area is 132 Å². The molecule has 1 aromatic heterocycles. The average molecular weight is 348 g/mol. The highest BCUT2D eigenvalue weighted by molar-refractivity contribution is 7.98. The monoisotopic (exact) mass is 347 g/mol. The molecule has 0 saturated carbocycles. The van der Waals surface area contributed by atoms with Crippen molar-refractivity contribution in [3.63, 3.8) is 0 Å². The van der Waals surface area contributed by atoms with E-state index in [-0.39, 0.29) is 0 Å². The lowest BCUT2D eigenvalue weighted by Crippen LogP contribution is -2.25. The fourth-order valence-electron chi connectivity index (χ4n) is 1.51. The van der Waals surface area contributed by atoms with Gasteiger partial charge in [-0.1, -0.05) is 29.8 Å². The Morgan fingerprint density at radius 2 is 1.95 bits per heavy atom. The largest absolute Gasteiger partial charge is 0.250 e. The van der Waals surface area contributed by atoms with Gasteiger partial charge in [-0.15, -0.1) is 11.3 Å². The van der Waals surface area contributed by atoms with Gasteiger partial charge in [0.05, 0.1) is 0 Å². The molecule has 0 fully saturated rings. The summed E-state index contributed by atoms with van der Waals surface area (Å²) in [5.74, 6) is 1.57. The third kappa shape index (κ3) is 4.79. The molecule has 0 unspecified atom stereocenters. The topological polar surface area (TPSA) is 46.2 Å². The zero-order chi connectivity index (χ0) is 14.4. The van der Waals surface area contributed by atoms with E-state index in [0.717, 1.165) is 16.5 Å². The standard InChI is InChI=1S/C13H14ClNO2S3/c14-12-5-3-11(4-6-12)10-18-9-7-15-20(16,17)13-2-1-8-19-13/h1-6,8,15H,7,9-10H2. The van der Waals surface area contributed by atoms with E-state index >= 15 is 0 Å². The van der Waals surface area contributed by atoms with Crippen molar-refractivity contribution < 1.29 is 8.42 Å². The van der Waals surface area contributed by atoms with Crippen LogP contribution in [0, 0.1) is 0 Å². The van der Waals surface area contributed by atoms with Crippen LogP contribution in [-0.4, -0.2) is 20.7 Å². The molecule has 7 heteroatoms. The molecule has 0 aliphatic heterocycles. The summed E-state index contributed by atoms with van der Waals surface area (Å²) >= 11 is 8.72. The lowest BCUT2D eigenvalue weighted by molar-refractivity contribution is 0.586. The number of thioether (sulfide) groups is 1. The Kier molecular flexibility index (Phi) is 5.92. The average Bonchev–Trinajstić information content (AvgIpc) is 2.95. The Morgan fingerprint density at radius 3 is 2.60 bits per heavy atom. The molecule has 1 heterocycles. The van der Waals surface area contributed by atoms with Crippen LogP contribution < -0.4 is 4.72 Å². The van der Waals surface area contributed by atoms with Crippen molar-refractivity contribution in [3.05, 3.63) is 52.4 Å². The zero-order valence-electron chi connectivity index (χ0n) is 10.6. The molecule has 1 aromatic carbocycles. The SMILES string of the molecule is O=S(=O)(NCCSCc1ccc(Cl)cc1)c1cccs1. The maximum atomic E-state index is 11.8. The van der Waals surface area contributed by atoms with Gasteiger partial charge in [0, 0.05) is 23.1 Å². The lowest BCUT2D eigenvalue weighted by Gasteiger charge is -2.05. The molecule has 0 aliphatic rings. The van der Waals surface area contributed by atoms with Crippen molar-refractivity contribution in [3.8, 4) is 0 Å². The molecule has 108 valence electrons. The number of halogens is 1. The molecular formula is C13H14ClNO2S3. The molecule has 0 saturated heterocycles. The van der Waals surface area contributed by atoms with Gasteiger partial charge in [0.25, 0.3) is 0 Å². The second kappa shape index (κ2) is 7.47. The van der Waals surface area contributed by atoms with E-state index < -0.39 is 10.0 Å². The van der Waals surface area contributed by atoms with Gasteiger partial charge < -0.3 is 0 Å². The van der Waals surface area contributed by atoms with Gasteiger partial charge in [-0.3, -0.25) is 0 Å². The molecular weight excluding hydrogens is 334 g/mol. The van der Waals surface area contributed by atoms with E-state index in [1.165, 1.54) is 16.9 Å². The van der Waals surface area contributed by atoms with Gasteiger partial charge in [0.1, 0.15) is 4.21 Å². The number of hydrogen-bond donors (Lipinski definition) is 1. The van der Waals surface area contributed by atoms with Crippen molar-refractivity contribution in [2.24, 2.45) is 0 Å². The number of thiophene rings is 1. The van der Waals surface area contributed by atoms with Crippen molar-refractivity contribution in [1.29, 1.82) is 0 Å². The van der Waals surface area contributed by atoms with Crippen LogP contribution in [0.5, 0.6) is 0 Å². The molecule has 0 aliphatic carbocycles. The molecule has 0 radical (unpaired) electrons. The minimum atomic E-state index is -3.33. The van der Waals surface area contributed by atoms with Crippen LogP contribution in [0.4, 0.5) is 0 Å². The predicted octanol–water partition coefficient (Wildman–Crippen LogP) is 3.61. The Hall–Kier alpha value is -0.530. The van der Waals surface area contributed by atoms with Crippen molar-refractivity contribution in [2.45, 2.75) is 9.96 Å². The number of nitrogens with one attached hydrogen (secondary N) is 1. The zero-order valence-corrected chi connectivity index (χ0v) is 13.8. The van der Waals surface area contributed by atoms with Crippen molar-refractivity contribution >= 4 is 44.7 Å². The quantitative estimate of drug-likeness (QED) is 0.778. The summed E-state index contributed by atoms with van der Waals surface area (Å²) in [5.41, 5.74) is 1.18. The fraction of sp³-hybridized carbons (Fsp3) is 0.231. The Morgan fingerprint density at radius 1 is 1.20 bits per heavy atom. The van der Waals surface area contributed by atoms with Gasteiger partial charge >= 0.3 is 0 Å².